The van der Waals surface area contributed by atoms with E-state index in [4.69, 9.17) is 9.73 Å². The fourth-order valence-electron chi connectivity index (χ4n) is 3.45. The maximum atomic E-state index is 9.64. The average molecular weight is 368 g/mol. The molecule has 3 nitrogen and oxygen atoms in total. The lowest BCUT2D eigenvalue weighted by Gasteiger charge is -2.33. The lowest BCUT2D eigenvalue weighted by atomic mass is 9.78. The number of aliphatic hydroxyl groups is 1. The number of aliphatic hydroxyl groups excluding tert-OH is 1. The number of aliphatic imine (C=N–C) groups is 1. The second-order valence-corrected chi connectivity index (χ2v) is 8.45. The highest BCUT2D eigenvalue weighted by atomic mass is 16.5. The minimum atomic E-state index is -0.123. The van der Waals surface area contributed by atoms with Gasteiger partial charge in [-0.15, -0.1) is 0 Å². The quantitative estimate of drug-likeness (QED) is 0.545. The summed E-state index contributed by atoms with van der Waals surface area (Å²) in [6.07, 6.45) is 4.87. The minimum Gasteiger partial charge on any atom is -0.396 e. The van der Waals surface area contributed by atoms with E-state index in [2.05, 4.69) is 71.2 Å². The molecule has 2 rings (SSSR count). The topological polar surface area (TPSA) is 41.8 Å². The van der Waals surface area contributed by atoms with Crippen molar-refractivity contribution < 1.29 is 9.84 Å². The van der Waals surface area contributed by atoms with Crippen molar-refractivity contribution in [3.05, 3.63) is 71.3 Å². The summed E-state index contributed by atoms with van der Waals surface area (Å²) in [6, 6.07) is 6.33. The van der Waals surface area contributed by atoms with Crippen molar-refractivity contribution >= 4 is 5.71 Å². The molecule has 1 N–H and O–H groups in total. The molecule has 146 valence electrons. The van der Waals surface area contributed by atoms with Crippen molar-refractivity contribution in [1.29, 1.82) is 0 Å². The third kappa shape index (κ3) is 5.27. The third-order valence-corrected chi connectivity index (χ3v) is 4.79. The van der Waals surface area contributed by atoms with Crippen LogP contribution in [0.3, 0.4) is 0 Å². The van der Waals surface area contributed by atoms with Gasteiger partial charge in [-0.3, -0.25) is 4.99 Å². The van der Waals surface area contributed by atoms with E-state index in [1.54, 1.807) is 7.11 Å². The van der Waals surface area contributed by atoms with Gasteiger partial charge in [0.15, 0.2) is 0 Å². The summed E-state index contributed by atoms with van der Waals surface area (Å²) in [6.45, 7) is 17.7. The highest BCUT2D eigenvalue weighted by Crippen LogP contribution is 2.38. The van der Waals surface area contributed by atoms with Gasteiger partial charge in [0.2, 0.25) is 0 Å². The van der Waals surface area contributed by atoms with E-state index in [1.165, 1.54) is 11.1 Å². The zero-order chi connectivity index (χ0) is 20.2. The van der Waals surface area contributed by atoms with Gasteiger partial charge < -0.3 is 9.84 Å². The molecule has 0 amide bonds. The van der Waals surface area contributed by atoms with Crippen LogP contribution in [0.1, 0.15) is 49.8 Å². The fraction of sp³-hybridized carbons (Fsp3) is 0.458. The Hall–Kier alpha value is -1.97. The van der Waals surface area contributed by atoms with Crippen LogP contribution in [-0.4, -0.2) is 37.2 Å². The number of ether oxygens (including phenoxy) is 1. The van der Waals surface area contributed by atoms with Gasteiger partial charge in [-0.25, -0.2) is 0 Å². The van der Waals surface area contributed by atoms with Crippen LogP contribution in [0.2, 0.25) is 0 Å². The molecule has 0 radical (unpaired) electrons. The Morgan fingerprint density at radius 2 is 2.00 bits per heavy atom. The Morgan fingerprint density at radius 3 is 2.59 bits per heavy atom. The second-order valence-electron chi connectivity index (χ2n) is 8.45. The molecule has 0 saturated carbocycles. The summed E-state index contributed by atoms with van der Waals surface area (Å²) < 4.78 is 5.31. The van der Waals surface area contributed by atoms with Gasteiger partial charge in [0, 0.05) is 25.2 Å². The molecule has 0 aromatic heterocycles. The summed E-state index contributed by atoms with van der Waals surface area (Å²) >= 11 is 0. The molecule has 1 heterocycles. The lowest BCUT2D eigenvalue weighted by Crippen LogP contribution is -2.30. The molecule has 1 aromatic rings. The van der Waals surface area contributed by atoms with Crippen LogP contribution in [0.4, 0.5) is 0 Å². The molecule has 0 aliphatic carbocycles. The number of rotatable bonds is 7. The van der Waals surface area contributed by atoms with E-state index in [0.717, 1.165) is 22.4 Å². The third-order valence-electron chi connectivity index (χ3n) is 4.79. The van der Waals surface area contributed by atoms with E-state index in [-0.39, 0.29) is 24.0 Å². The molecule has 2 atom stereocenters. The van der Waals surface area contributed by atoms with Crippen molar-refractivity contribution in [2.75, 3.05) is 20.3 Å². The maximum absolute atomic E-state index is 9.64. The molecule has 0 spiro atoms. The number of nitrogens with zero attached hydrogens (tertiary/aromatic N) is 1. The number of fused-ring (bicyclic) bond motifs is 1. The first-order valence-corrected chi connectivity index (χ1v) is 9.52. The molecule has 27 heavy (non-hydrogen) atoms. The monoisotopic (exact) mass is 367 g/mol. The summed E-state index contributed by atoms with van der Waals surface area (Å²) in [5.74, 6) is 0.0939. The van der Waals surface area contributed by atoms with E-state index < -0.39 is 0 Å². The maximum Gasteiger partial charge on any atom is 0.0805 e. The van der Waals surface area contributed by atoms with E-state index in [9.17, 15) is 5.11 Å². The number of methoxy groups -OCH3 is 1. The lowest BCUT2D eigenvalue weighted by molar-refractivity contribution is 0.215. The molecular formula is C24H33NO2. The number of allylic oxidation sites excluding steroid dienone is 3. The van der Waals surface area contributed by atoms with Crippen molar-refractivity contribution in [2.45, 2.75) is 46.1 Å². The Balaban J connectivity index is 2.57. The van der Waals surface area contributed by atoms with Crippen LogP contribution >= 0.6 is 0 Å². The molecule has 1 aromatic carbocycles. The van der Waals surface area contributed by atoms with Crippen molar-refractivity contribution in [3.63, 3.8) is 0 Å². The van der Waals surface area contributed by atoms with Crippen LogP contribution in [0, 0.1) is 12.3 Å². The molecule has 1 aliphatic heterocycles. The van der Waals surface area contributed by atoms with Gasteiger partial charge in [-0.2, -0.15) is 0 Å². The number of benzene rings is 1. The van der Waals surface area contributed by atoms with Gasteiger partial charge in [-0.05, 0) is 41.5 Å². The van der Waals surface area contributed by atoms with Crippen molar-refractivity contribution in [3.8, 4) is 0 Å². The fourth-order valence-corrected chi connectivity index (χ4v) is 3.45. The van der Waals surface area contributed by atoms with Gasteiger partial charge in [0.1, 0.15) is 0 Å². The Kier molecular flexibility index (Phi) is 6.96. The summed E-state index contributed by atoms with van der Waals surface area (Å²) in [7, 11) is 1.67. The highest BCUT2D eigenvalue weighted by molar-refractivity contribution is 6.15. The molecule has 0 saturated heterocycles. The number of aryl methyl sites for hydroxylation is 1. The zero-order valence-corrected chi connectivity index (χ0v) is 17.4. The van der Waals surface area contributed by atoms with Gasteiger partial charge in [-0.1, -0.05) is 63.8 Å². The smallest absolute Gasteiger partial charge is 0.0805 e. The van der Waals surface area contributed by atoms with E-state index in [0.29, 0.717) is 13.0 Å². The molecule has 2 unspecified atom stereocenters. The molecule has 0 bridgehead atoms. The Labute approximate surface area is 164 Å². The first-order valence-electron chi connectivity index (χ1n) is 9.52. The standard InChI is InChI=1S/C24H33NO2/c1-16-8-9-19-20(11-13-26)23(18(3)15-27-7)25-22(21(19)14-16)17(2)10-12-24(4,5)6/h8-10,12,14,20,23,26H,2-3,11,13,15H2,1,4-7H3/b12-10-. The Morgan fingerprint density at radius 1 is 1.30 bits per heavy atom. The molecule has 1 aliphatic rings. The van der Waals surface area contributed by atoms with Crippen LogP contribution in [-0.2, 0) is 4.74 Å². The first-order chi connectivity index (χ1) is 12.7. The number of hydrogen-bond acceptors (Lipinski definition) is 3. The van der Waals surface area contributed by atoms with Gasteiger partial charge >= 0.3 is 0 Å². The number of hydrogen-bond donors (Lipinski definition) is 1. The van der Waals surface area contributed by atoms with Crippen molar-refractivity contribution in [1.82, 2.24) is 0 Å². The molecule has 3 heteroatoms. The average Bonchev–Trinajstić information content (AvgIpc) is 2.59. The summed E-state index contributed by atoms with van der Waals surface area (Å²) in [4.78, 5) is 5.06. The van der Waals surface area contributed by atoms with E-state index >= 15 is 0 Å². The molecule has 0 fully saturated rings. The zero-order valence-electron chi connectivity index (χ0n) is 17.4. The molecular weight excluding hydrogens is 334 g/mol. The van der Waals surface area contributed by atoms with E-state index in [1.807, 2.05) is 0 Å². The predicted octanol–water partition coefficient (Wildman–Crippen LogP) is 4.99. The minimum absolute atomic E-state index is 0.0755. The summed E-state index contributed by atoms with van der Waals surface area (Å²) in [5.41, 5.74) is 6.30. The summed E-state index contributed by atoms with van der Waals surface area (Å²) in [5, 5.41) is 9.64. The van der Waals surface area contributed by atoms with Crippen LogP contribution in [0.25, 0.3) is 0 Å². The van der Waals surface area contributed by atoms with Gasteiger partial charge in [0.05, 0.1) is 18.4 Å². The largest absolute Gasteiger partial charge is 0.396 e. The predicted molar refractivity (Wildman–Crippen MR) is 115 cm³/mol. The first kappa shape index (κ1) is 21.3. The van der Waals surface area contributed by atoms with Crippen molar-refractivity contribution in [2.24, 2.45) is 10.4 Å². The van der Waals surface area contributed by atoms with Crippen LogP contribution in [0.15, 0.2) is 59.6 Å². The Bertz CT molecular complexity index is 765. The SMILES string of the molecule is C=C(/C=C\C(C)(C)C)C1=NC(C(=C)COC)C(CCO)c2ccc(C)cc21. The highest BCUT2D eigenvalue weighted by Gasteiger charge is 2.32. The second kappa shape index (κ2) is 8.81. The van der Waals surface area contributed by atoms with Crippen LogP contribution in [0.5, 0.6) is 0 Å². The van der Waals surface area contributed by atoms with Crippen LogP contribution < -0.4 is 0 Å². The normalized spacial score (nSPS) is 19.7. The van der Waals surface area contributed by atoms with Gasteiger partial charge in [0.25, 0.3) is 0 Å².